The third kappa shape index (κ3) is 8.53. The molecule has 1 unspecified atom stereocenters. The Kier molecular flexibility index (Phi) is 9.57. The van der Waals surface area contributed by atoms with Crippen LogP contribution in [0.3, 0.4) is 0 Å². The maximum absolute atomic E-state index is 13.0. The molecule has 0 bridgehead atoms. The van der Waals surface area contributed by atoms with E-state index in [1.807, 2.05) is 24.4 Å². The van der Waals surface area contributed by atoms with Crippen LogP contribution in [0.5, 0.6) is 5.75 Å². The van der Waals surface area contributed by atoms with Crippen molar-refractivity contribution in [3.8, 4) is 5.75 Å². The largest absolute Gasteiger partial charge is 0.493 e. The van der Waals surface area contributed by atoms with E-state index in [1.54, 1.807) is 17.2 Å². The zero-order chi connectivity index (χ0) is 28.7. The molecule has 5 rings (SSSR count). The van der Waals surface area contributed by atoms with E-state index in [9.17, 15) is 18.0 Å². The van der Waals surface area contributed by atoms with Crippen LogP contribution in [-0.4, -0.2) is 71.5 Å². The number of benzene rings is 2. The van der Waals surface area contributed by atoms with Crippen molar-refractivity contribution in [1.29, 1.82) is 0 Å². The Morgan fingerprint density at radius 1 is 0.878 bits per heavy atom. The first-order valence-corrected chi connectivity index (χ1v) is 14.3. The van der Waals surface area contributed by atoms with E-state index in [4.69, 9.17) is 4.74 Å². The van der Waals surface area contributed by atoms with Crippen LogP contribution in [0, 0.1) is 5.92 Å². The lowest BCUT2D eigenvalue weighted by molar-refractivity contribution is -0.138. The lowest BCUT2D eigenvalue weighted by Gasteiger charge is -2.34. The minimum absolute atomic E-state index is 0.0293. The van der Waals surface area contributed by atoms with Gasteiger partial charge in [0.15, 0.2) is 0 Å². The molecule has 1 atom stereocenters. The van der Waals surface area contributed by atoms with Gasteiger partial charge >= 0.3 is 6.18 Å². The fourth-order valence-corrected chi connectivity index (χ4v) is 5.59. The van der Waals surface area contributed by atoms with E-state index in [0.717, 1.165) is 70.0 Å². The maximum atomic E-state index is 13.0. The van der Waals surface area contributed by atoms with Gasteiger partial charge < -0.3 is 9.64 Å². The molecule has 1 amide bonds. The molecule has 3 aromatic rings. The first kappa shape index (κ1) is 29.1. The number of pyridine rings is 1. The standard InChI is InChI=1S/C32H37F3N4O2/c33-32(34,35)29-7-1-4-26(18-29)19-31(40)39-13-3-6-28(23-39)24-41-30-10-8-25(9-11-30)21-37-14-16-38(17-15-37)22-27-5-2-12-36-20-27/h1-2,4-5,7-12,18,20,28H,3,6,13-17,19,21-24H2. The van der Waals surface area contributed by atoms with Gasteiger partial charge in [0.2, 0.25) is 5.91 Å². The summed E-state index contributed by atoms with van der Waals surface area (Å²) in [7, 11) is 0. The SMILES string of the molecule is O=C(Cc1cccc(C(F)(F)F)c1)N1CCCC(COc2ccc(CN3CCN(Cc4cccnc4)CC3)cc2)C1. The summed E-state index contributed by atoms with van der Waals surface area (Å²) in [5.74, 6) is 0.857. The normalized spacial score (nSPS) is 18.8. The predicted molar refractivity (Wildman–Crippen MR) is 151 cm³/mol. The molecule has 2 aliphatic heterocycles. The molecular formula is C32H37F3N4O2. The highest BCUT2D eigenvalue weighted by atomic mass is 19.4. The Morgan fingerprint density at radius 2 is 1.59 bits per heavy atom. The number of ether oxygens (including phenoxy) is 1. The Balaban J connectivity index is 1.04. The molecule has 6 nitrogen and oxygen atoms in total. The smallest absolute Gasteiger partial charge is 0.416 e. The van der Waals surface area contributed by atoms with Gasteiger partial charge in [-0.05, 0) is 53.8 Å². The molecule has 9 heteroatoms. The second-order valence-electron chi connectivity index (χ2n) is 11.1. The summed E-state index contributed by atoms with van der Waals surface area (Å²) in [6, 6.07) is 17.4. The molecular weight excluding hydrogens is 529 g/mol. The van der Waals surface area contributed by atoms with E-state index in [0.29, 0.717) is 25.3 Å². The van der Waals surface area contributed by atoms with Gasteiger partial charge in [-0.25, -0.2) is 0 Å². The van der Waals surface area contributed by atoms with Gasteiger partial charge in [0.1, 0.15) is 5.75 Å². The molecule has 0 saturated carbocycles. The first-order chi connectivity index (χ1) is 19.8. The van der Waals surface area contributed by atoms with Crippen LogP contribution in [-0.2, 0) is 30.5 Å². The first-order valence-electron chi connectivity index (χ1n) is 14.3. The molecule has 0 aliphatic carbocycles. The molecule has 2 aliphatic rings. The highest BCUT2D eigenvalue weighted by molar-refractivity contribution is 5.79. The number of hydrogen-bond donors (Lipinski definition) is 0. The summed E-state index contributed by atoms with van der Waals surface area (Å²) in [4.78, 5) is 23.8. The number of piperazine rings is 1. The predicted octanol–water partition coefficient (Wildman–Crippen LogP) is 5.28. The van der Waals surface area contributed by atoms with E-state index in [-0.39, 0.29) is 18.2 Å². The molecule has 3 heterocycles. The van der Waals surface area contributed by atoms with Crippen LogP contribution in [0.2, 0.25) is 0 Å². The maximum Gasteiger partial charge on any atom is 0.416 e. The molecule has 2 saturated heterocycles. The Morgan fingerprint density at radius 3 is 2.27 bits per heavy atom. The van der Waals surface area contributed by atoms with Crippen molar-refractivity contribution in [2.75, 3.05) is 45.9 Å². The van der Waals surface area contributed by atoms with E-state index >= 15 is 0 Å². The van der Waals surface area contributed by atoms with E-state index < -0.39 is 11.7 Å². The van der Waals surface area contributed by atoms with Crippen molar-refractivity contribution in [2.24, 2.45) is 5.92 Å². The number of carbonyl (C=O) groups is 1. The van der Waals surface area contributed by atoms with Crippen LogP contribution in [0.4, 0.5) is 13.2 Å². The van der Waals surface area contributed by atoms with Crippen LogP contribution in [0.15, 0.2) is 73.1 Å². The quantitative estimate of drug-likeness (QED) is 0.353. The summed E-state index contributed by atoms with van der Waals surface area (Å²) in [6.45, 7) is 7.68. The fourth-order valence-electron chi connectivity index (χ4n) is 5.59. The number of hydrogen-bond acceptors (Lipinski definition) is 5. The number of alkyl halides is 3. The number of rotatable bonds is 9. The monoisotopic (exact) mass is 566 g/mol. The molecule has 218 valence electrons. The Hall–Kier alpha value is -3.43. The van der Waals surface area contributed by atoms with Crippen LogP contribution < -0.4 is 4.74 Å². The second-order valence-corrected chi connectivity index (χ2v) is 11.1. The van der Waals surface area contributed by atoms with Gasteiger partial charge in [0.05, 0.1) is 18.6 Å². The number of nitrogens with zero attached hydrogens (tertiary/aromatic N) is 4. The number of carbonyl (C=O) groups excluding carboxylic acids is 1. The average Bonchev–Trinajstić information content (AvgIpc) is 2.98. The van der Waals surface area contributed by atoms with Crippen molar-refractivity contribution in [3.05, 3.63) is 95.3 Å². The Labute approximate surface area is 239 Å². The second kappa shape index (κ2) is 13.5. The van der Waals surface area contributed by atoms with Gasteiger partial charge in [-0.1, -0.05) is 36.4 Å². The number of amides is 1. The van der Waals surface area contributed by atoms with Crippen molar-refractivity contribution in [2.45, 2.75) is 38.5 Å². The molecule has 0 spiro atoms. The van der Waals surface area contributed by atoms with E-state index in [1.165, 1.54) is 17.2 Å². The van der Waals surface area contributed by atoms with Crippen LogP contribution in [0.1, 0.15) is 35.1 Å². The summed E-state index contributed by atoms with van der Waals surface area (Å²) in [6.07, 6.45) is 1.11. The molecule has 0 radical (unpaired) electrons. The third-order valence-electron chi connectivity index (χ3n) is 7.89. The minimum atomic E-state index is -4.42. The highest BCUT2D eigenvalue weighted by Crippen LogP contribution is 2.30. The van der Waals surface area contributed by atoms with Crippen molar-refractivity contribution in [3.63, 3.8) is 0 Å². The number of halogens is 3. The van der Waals surface area contributed by atoms with Gasteiger partial charge in [0.25, 0.3) is 0 Å². The van der Waals surface area contributed by atoms with Gasteiger partial charge in [-0.2, -0.15) is 13.2 Å². The van der Waals surface area contributed by atoms with E-state index in [2.05, 4.69) is 33.0 Å². The fraction of sp³-hybridized carbons (Fsp3) is 0.438. The van der Waals surface area contributed by atoms with Crippen molar-refractivity contribution < 1.29 is 22.7 Å². The number of likely N-dealkylation sites (tertiary alicyclic amines) is 1. The minimum Gasteiger partial charge on any atom is -0.493 e. The molecule has 41 heavy (non-hydrogen) atoms. The zero-order valence-electron chi connectivity index (χ0n) is 23.2. The summed E-state index contributed by atoms with van der Waals surface area (Å²) in [5, 5.41) is 0. The highest BCUT2D eigenvalue weighted by Gasteiger charge is 2.31. The summed E-state index contributed by atoms with van der Waals surface area (Å²) in [5.41, 5.74) is 2.16. The topological polar surface area (TPSA) is 48.9 Å². The third-order valence-corrected chi connectivity index (χ3v) is 7.89. The van der Waals surface area contributed by atoms with Crippen molar-refractivity contribution >= 4 is 5.91 Å². The van der Waals surface area contributed by atoms with Crippen LogP contribution in [0.25, 0.3) is 0 Å². The molecule has 0 N–H and O–H groups in total. The summed E-state index contributed by atoms with van der Waals surface area (Å²) >= 11 is 0. The summed E-state index contributed by atoms with van der Waals surface area (Å²) < 4.78 is 45.1. The van der Waals surface area contributed by atoms with Gasteiger partial charge in [0, 0.05) is 70.7 Å². The molecule has 2 aromatic carbocycles. The number of piperidine rings is 1. The lowest BCUT2D eigenvalue weighted by atomic mass is 9.98. The lowest BCUT2D eigenvalue weighted by Crippen LogP contribution is -2.45. The zero-order valence-corrected chi connectivity index (χ0v) is 23.2. The molecule has 1 aromatic heterocycles. The average molecular weight is 567 g/mol. The van der Waals surface area contributed by atoms with Gasteiger partial charge in [-0.3, -0.25) is 19.6 Å². The molecule has 2 fully saturated rings. The van der Waals surface area contributed by atoms with Gasteiger partial charge in [-0.15, -0.1) is 0 Å². The number of aromatic nitrogens is 1. The van der Waals surface area contributed by atoms with Crippen molar-refractivity contribution in [1.82, 2.24) is 19.7 Å². The Bertz CT molecular complexity index is 1260. The van der Waals surface area contributed by atoms with Crippen LogP contribution >= 0.6 is 0 Å².